The normalized spacial score (nSPS) is 28.9. The minimum atomic E-state index is -1.94. The lowest BCUT2D eigenvalue weighted by molar-refractivity contribution is -0.123. The van der Waals surface area contributed by atoms with E-state index in [0.717, 1.165) is 19.3 Å². The van der Waals surface area contributed by atoms with Gasteiger partial charge < -0.3 is 9.16 Å². The molecule has 0 aromatic carbocycles. The summed E-state index contributed by atoms with van der Waals surface area (Å²) in [5.74, 6) is 0.138. The van der Waals surface area contributed by atoms with Crippen LogP contribution in [0.2, 0.25) is 18.1 Å². The lowest BCUT2D eigenvalue weighted by atomic mass is 10.0. The summed E-state index contributed by atoms with van der Waals surface area (Å²) >= 11 is 0. The van der Waals surface area contributed by atoms with Gasteiger partial charge in [-0.3, -0.25) is 9.69 Å². The van der Waals surface area contributed by atoms with E-state index in [1.54, 1.807) is 4.90 Å². The maximum atomic E-state index is 12.7. The molecule has 5 nitrogen and oxygen atoms in total. The second kappa shape index (κ2) is 5.96. The van der Waals surface area contributed by atoms with Crippen molar-refractivity contribution < 1.29 is 18.8 Å². The van der Waals surface area contributed by atoms with E-state index >= 15 is 0 Å². The minimum Gasteiger partial charge on any atom is -0.453 e. The van der Waals surface area contributed by atoms with Crippen molar-refractivity contribution >= 4 is 20.2 Å². The Labute approximate surface area is 134 Å². The SMILES string of the molecule is COC(=O)N1[C@@H]2CCC[C@@H]2C(=O)[C@@H]1CO[Si](C)(C)C(C)(C)C. The molecular weight excluding hydrogens is 298 g/mol. The molecule has 2 fully saturated rings. The topological polar surface area (TPSA) is 55.8 Å². The largest absolute Gasteiger partial charge is 0.453 e. The summed E-state index contributed by atoms with van der Waals surface area (Å²) in [6.07, 6.45) is 2.38. The Morgan fingerprint density at radius 1 is 1.32 bits per heavy atom. The summed E-state index contributed by atoms with van der Waals surface area (Å²) in [6, 6.07) is -0.468. The average molecular weight is 327 g/mol. The highest BCUT2D eigenvalue weighted by Gasteiger charge is 2.53. The number of hydrogen-bond acceptors (Lipinski definition) is 4. The third-order valence-corrected chi connectivity index (χ3v) is 10.2. The van der Waals surface area contributed by atoms with Crippen LogP contribution in [0.25, 0.3) is 0 Å². The number of carbonyl (C=O) groups is 2. The standard InChI is InChI=1S/C16H29NO4Si/c1-16(2,3)22(5,6)21-10-13-14(18)11-8-7-9-12(11)17(13)15(19)20-4/h11-13H,7-10H2,1-6H3/t11-,12+,13-/m0/s1. The van der Waals surface area contributed by atoms with E-state index in [-0.39, 0.29) is 22.8 Å². The van der Waals surface area contributed by atoms with Crippen molar-refractivity contribution in [3.8, 4) is 0 Å². The zero-order chi connectivity index (χ0) is 16.7. The second-order valence-corrected chi connectivity index (χ2v) is 12.8. The van der Waals surface area contributed by atoms with Gasteiger partial charge in [0.05, 0.1) is 13.7 Å². The molecular formula is C16H29NO4Si. The van der Waals surface area contributed by atoms with Gasteiger partial charge in [-0.1, -0.05) is 27.2 Å². The number of nitrogens with zero attached hydrogens (tertiary/aromatic N) is 1. The summed E-state index contributed by atoms with van der Waals surface area (Å²) in [7, 11) is -0.568. The van der Waals surface area contributed by atoms with Crippen LogP contribution in [0.3, 0.4) is 0 Å². The quantitative estimate of drug-likeness (QED) is 0.747. The first-order valence-electron chi connectivity index (χ1n) is 8.14. The maximum absolute atomic E-state index is 12.7. The molecule has 1 saturated carbocycles. The fraction of sp³-hybridized carbons (Fsp3) is 0.875. The van der Waals surface area contributed by atoms with Gasteiger partial charge in [0.1, 0.15) is 6.04 Å². The Hall–Kier alpha value is -0.883. The molecule has 1 aliphatic carbocycles. The average Bonchev–Trinajstić information content (AvgIpc) is 2.97. The lowest BCUT2D eigenvalue weighted by Crippen LogP contribution is -2.49. The van der Waals surface area contributed by atoms with E-state index in [4.69, 9.17) is 9.16 Å². The lowest BCUT2D eigenvalue weighted by Gasteiger charge is -2.38. The van der Waals surface area contributed by atoms with E-state index in [9.17, 15) is 9.59 Å². The predicted molar refractivity (Wildman–Crippen MR) is 87.3 cm³/mol. The smallest absolute Gasteiger partial charge is 0.410 e. The molecule has 0 unspecified atom stereocenters. The van der Waals surface area contributed by atoms with Crippen molar-refractivity contribution in [1.29, 1.82) is 0 Å². The van der Waals surface area contributed by atoms with Crippen LogP contribution in [0.1, 0.15) is 40.0 Å². The molecule has 1 aliphatic heterocycles. The predicted octanol–water partition coefficient (Wildman–Crippen LogP) is 3.20. The molecule has 0 aromatic heterocycles. The molecule has 0 N–H and O–H groups in total. The number of likely N-dealkylation sites (tertiary alicyclic amines) is 1. The minimum absolute atomic E-state index is 0.00738. The van der Waals surface area contributed by atoms with Crippen molar-refractivity contribution in [2.24, 2.45) is 5.92 Å². The molecule has 126 valence electrons. The number of rotatable bonds is 3. The highest BCUT2D eigenvalue weighted by atomic mass is 28.4. The molecule has 6 heteroatoms. The number of carbonyl (C=O) groups excluding carboxylic acids is 2. The number of methoxy groups -OCH3 is 1. The van der Waals surface area contributed by atoms with Gasteiger partial charge in [-0.2, -0.15) is 0 Å². The van der Waals surface area contributed by atoms with Crippen LogP contribution in [-0.2, 0) is 14.0 Å². The Bertz CT molecular complexity index is 458. The van der Waals surface area contributed by atoms with Gasteiger partial charge >= 0.3 is 6.09 Å². The van der Waals surface area contributed by atoms with Crippen molar-refractivity contribution in [3.63, 3.8) is 0 Å². The number of ketones is 1. The molecule has 1 heterocycles. The molecule has 22 heavy (non-hydrogen) atoms. The maximum Gasteiger partial charge on any atom is 0.410 e. The highest BCUT2D eigenvalue weighted by molar-refractivity contribution is 6.74. The summed E-state index contributed by atoms with van der Waals surface area (Å²) in [4.78, 5) is 26.5. The molecule has 2 rings (SSSR count). The van der Waals surface area contributed by atoms with Crippen LogP contribution in [0.4, 0.5) is 4.79 Å². The Morgan fingerprint density at radius 3 is 2.50 bits per heavy atom. The second-order valence-electron chi connectivity index (χ2n) is 7.97. The van der Waals surface area contributed by atoms with Crippen molar-refractivity contribution in [3.05, 3.63) is 0 Å². The fourth-order valence-electron chi connectivity index (χ4n) is 3.25. The van der Waals surface area contributed by atoms with E-state index in [1.165, 1.54) is 7.11 Å². The van der Waals surface area contributed by atoms with Gasteiger partial charge in [0.15, 0.2) is 14.1 Å². The molecule has 3 atom stereocenters. The van der Waals surface area contributed by atoms with E-state index in [1.807, 2.05) is 0 Å². The molecule has 0 spiro atoms. The Morgan fingerprint density at radius 2 is 1.95 bits per heavy atom. The summed E-state index contributed by atoms with van der Waals surface area (Å²) in [5, 5.41) is 0.0839. The monoisotopic (exact) mass is 327 g/mol. The number of amides is 1. The first-order chi connectivity index (χ1) is 10.1. The number of hydrogen-bond donors (Lipinski definition) is 0. The highest BCUT2D eigenvalue weighted by Crippen LogP contribution is 2.41. The zero-order valence-corrected chi connectivity index (χ0v) is 15.6. The van der Waals surface area contributed by atoms with Gasteiger partial charge in [-0.05, 0) is 31.0 Å². The number of ether oxygens (including phenoxy) is 1. The van der Waals surface area contributed by atoms with Crippen LogP contribution in [0.15, 0.2) is 0 Å². The summed E-state index contributed by atoms with van der Waals surface area (Å²) in [6.45, 7) is 11.1. The third kappa shape index (κ3) is 2.95. The molecule has 0 bridgehead atoms. The zero-order valence-electron chi connectivity index (χ0n) is 14.6. The van der Waals surface area contributed by atoms with Crippen LogP contribution in [-0.4, -0.2) is 50.9 Å². The van der Waals surface area contributed by atoms with Gasteiger partial charge in [0, 0.05) is 12.0 Å². The van der Waals surface area contributed by atoms with E-state index < -0.39 is 20.5 Å². The summed E-state index contributed by atoms with van der Waals surface area (Å²) < 4.78 is 11.1. The summed E-state index contributed by atoms with van der Waals surface area (Å²) in [5.41, 5.74) is 0. The van der Waals surface area contributed by atoms with E-state index in [0.29, 0.717) is 6.61 Å². The number of Topliss-reactive ketones (excluding diaryl/α,β-unsaturated/α-hetero) is 1. The van der Waals surface area contributed by atoms with Crippen LogP contribution in [0.5, 0.6) is 0 Å². The Kier molecular flexibility index (Phi) is 4.73. The molecule has 1 amide bonds. The molecule has 0 aromatic rings. The van der Waals surface area contributed by atoms with Gasteiger partial charge in [0.25, 0.3) is 0 Å². The first-order valence-corrected chi connectivity index (χ1v) is 11.0. The Balaban J connectivity index is 2.14. The fourth-order valence-corrected chi connectivity index (χ4v) is 4.26. The van der Waals surface area contributed by atoms with Crippen LogP contribution in [0, 0.1) is 5.92 Å². The van der Waals surface area contributed by atoms with Crippen LogP contribution < -0.4 is 0 Å². The van der Waals surface area contributed by atoms with Gasteiger partial charge in [0.2, 0.25) is 0 Å². The first kappa shape index (κ1) is 17.5. The van der Waals surface area contributed by atoms with Crippen molar-refractivity contribution in [2.45, 2.75) is 70.2 Å². The van der Waals surface area contributed by atoms with Gasteiger partial charge in [-0.15, -0.1) is 0 Å². The molecule has 0 radical (unpaired) electrons. The van der Waals surface area contributed by atoms with Crippen molar-refractivity contribution in [1.82, 2.24) is 4.90 Å². The van der Waals surface area contributed by atoms with E-state index in [2.05, 4.69) is 33.9 Å². The molecule has 1 saturated heterocycles. The van der Waals surface area contributed by atoms with Crippen LogP contribution >= 0.6 is 0 Å². The molecule has 2 aliphatic rings. The third-order valence-electron chi connectivity index (χ3n) is 5.66. The number of fused-ring (bicyclic) bond motifs is 1. The van der Waals surface area contributed by atoms with Gasteiger partial charge in [-0.25, -0.2) is 4.79 Å². The van der Waals surface area contributed by atoms with Crippen molar-refractivity contribution in [2.75, 3.05) is 13.7 Å².